The molecule has 0 bridgehead atoms. The maximum absolute atomic E-state index is 13.4. The van der Waals surface area contributed by atoms with Crippen molar-refractivity contribution >= 4 is 17.4 Å². The largest absolute Gasteiger partial charge is 0.382 e. The van der Waals surface area contributed by atoms with E-state index >= 15 is 0 Å². The Labute approximate surface area is 90.7 Å². The Morgan fingerprint density at radius 3 is 2.60 bits per heavy atom. The second-order valence-electron chi connectivity index (χ2n) is 2.95. The van der Waals surface area contributed by atoms with Gasteiger partial charge in [-0.05, 0) is 12.1 Å². The second kappa shape index (κ2) is 3.82. The summed E-state index contributed by atoms with van der Waals surface area (Å²) < 4.78 is 13.4. The molecule has 0 saturated heterocycles. The third kappa shape index (κ3) is 1.89. The second-order valence-corrected chi connectivity index (χ2v) is 3.33. The van der Waals surface area contributed by atoms with Crippen molar-refractivity contribution in [3.8, 4) is 11.1 Å². The van der Waals surface area contributed by atoms with Crippen LogP contribution in [-0.4, -0.2) is 10.2 Å². The van der Waals surface area contributed by atoms with Crippen LogP contribution < -0.4 is 5.73 Å². The number of halogens is 2. The van der Waals surface area contributed by atoms with Crippen molar-refractivity contribution in [1.29, 1.82) is 0 Å². The first-order chi connectivity index (χ1) is 7.18. The number of anilines is 1. The Morgan fingerprint density at radius 2 is 1.87 bits per heavy atom. The molecule has 0 aliphatic carbocycles. The van der Waals surface area contributed by atoms with Crippen molar-refractivity contribution in [1.82, 2.24) is 10.2 Å². The van der Waals surface area contributed by atoms with Gasteiger partial charge in [-0.1, -0.05) is 29.8 Å². The van der Waals surface area contributed by atoms with Gasteiger partial charge in [0, 0.05) is 11.1 Å². The van der Waals surface area contributed by atoms with Crippen LogP contribution in [-0.2, 0) is 0 Å². The Morgan fingerprint density at radius 1 is 1.13 bits per heavy atom. The van der Waals surface area contributed by atoms with Gasteiger partial charge in [0.15, 0.2) is 11.0 Å². The van der Waals surface area contributed by atoms with Crippen LogP contribution in [0.25, 0.3) is 11.1 Å². The highest BCUT2D eigenvalue weighted by Crippen LogP contribution is 2.27. The van der Waals surface area contributed by atoms with Gasteiger partial charge in [0.05, 0.1) is 0 Å². The number of hydrogen-bond acceptors (Lipinski definition) is 3. The third-order valence-corrected chi connectivity index (χ3v) is 2.14. The molecule has 0 aliphatic heterocycles. The molecule has 2 N–H and O–H groups in total. The van der Waals surface area contributed by atoms with Crippen molar-refractivity contribution in [2.24, 2.45) is 0 Å². The van der Waals surface area contributed by atoms with Gasteiger partial charge >= 0.3 is 0 Å². The van der Waals surface area contributed by atoms with E-state index in [2.05, 4.69) is 10.2 Å². The summed E-state index contributed by atoms with van der Waals surface area (Å²) in [5.41, 5.74) is 6.41. The van der Waals surface area contributed by atoms with Crippen LogP contribution in [0, 0.1) is 5.82 Å². The normalized spacial score (nSPS) is 10.3. The van der Waals surface area contributed by atoms with Crippen molar-refractivity contribution in [2.75, 3.05) is 5.73 Å². The van der Waals surface area contributed by atoms with E-state index in [9.17, 15) is 4.39 Å². The molecule has 0 radical (unpaired) electrons. The lowest BCUT2D eigenvalue weighted by molar-refractivity contribution is 0.631. The fourth-order valence-corrected chi connectivity index (χ4v) is 1.42. The highest BCUT2D eigenvalue weighted by atomic mass is 35.5. The van der Waals surface area contributed by atoms with Gasteiger partial charge in [-0.25, -0.2) is 4.39 Å². The lowest BCUT2D eigenvalue weighted by atomic mass is 10.1. The summed E-state index contributed by atoms with van der Waals surface area (Å²) in [7, 11) is 0. The fourth-order valence-electron chi connectivity index (χ4n) is 1.27. The molecule has 76 valence electrons. The van der Waals surface area contributed by atoms with E-state index < -0.39 is 0 Å². The summed E-state index contributed by atoms with van der Waals surface area (Å²) in [5.74, 6) is -0.210. The molecule has 0 atom stereocenters. The molecular weight excluding hydrogens is 217 g/mol. The van der Waals surface area contributed by atoms with E-state index in [-0.39, 0.29) is 16.8 Å². The van der Waals surface area contributed by atoms with Gasteiger partial charge in [-0.15, -0.1) is 10.2 Å². The molecule has 1 aromatic heterocycles. The average Bonchev–Trinajstić information content (AvgIpc) is 2.23. The standard InChI is InChI=1S/C10H7ClFN3/c11-9-5-7(10(13)15-14-9)6-3-1-2-4-8(6)12/h1-5H,(H2,13,15). The average molecular weight is 224 g/mol. The molecule has 0 saturated carbocycles. The number of aromatic nitrogens is 2. The van der Waals surface area contributed by atoms with E-state index in [0.29, 0.717) is 11.1 Å². The minimum absolute atomic E-state index is 0.157. The molecule has 0 amide bonds. The van der Waals surface area contributed by atoms with Crippen LogP contribution in [0.2, 0.25) is 5.15 Å². The van der Waals surface area contributed by atoms with Crippen LogP contribution >= 0.6 is 11.6 Å². The summed E-state index contributed by atoms with van der Waals surface area (Å²) in [6, 6.07) is 7.77. The number of hydrogen-bond donors (Lipinski definition) is 1. The predicted molar refractivity (Wildman–Crippen MR) is 56.8 cm³/mol. The molecule has 15 heavy (non-hydrogen) atoms. The molecule has 1 aromatic carbocycles. The zero-order chi connectivity index (χ0) is 10.8. The number of nitrogens with two attached hydrogens (primary N) is 1. The molecule has 3 nitrogen and oxygen atoms in total. The van der Waals surface area contributed by atoms with E-state index in [0.717, 1.165) is 0 Å². The first kappa shape index (κ1) is 9.86. The van der Waals surface area contributed by atoms with Crippen molar-refractivity contribution in [2.45, 2.75) is 0 Å². The maximum Gasteiger partial charge on any atom is 0.154 e. The lowest BCUT2D eigenvalue weighted by Crippen LogP contribution is -1.97. The van der Waals surface area contributed by atoms with E-state index in [4.69, 9.17) is 17.3 Å². The Hall–Kier alpha value is -1.68. The van der Waals surface area contributed by atoms with E-state index in [1.165, 1.54) is 12.1 Å². The monoisotopic (exact) mass is 223 g/mol. The molecule has 0 unspecified atom stereocenters. The van der Waals surface area contributed by atoms with Crippen LogP contribution in [0.4, 0.5) is 10.2 Å². The Bertz CT molecular complexity index is 502. The zero-order valence-electron chi connectivity index (χ0n) is 7.61. The molecule has 0 aliphatic rings. The number of nitrogen functional groups attached to an aromatic ring is 1. The van der Waals surface area contributed by atoms with Crippen molar-refractivity contribution in [3.05, 3.63) is 41.3 Å². The molecule has 5 heteroatoms. The molecular formula is C10H7ClFN3. The van der Waals surface area contributed by atoms with Gasteiger partial charge in [-0.3, -0.25) is 0 Å². The van der Waals surface area contributed by atoms with Gasteiger partial charge in [0.2, 0.25) is 0 Å². The molecule has 2 aromatic rings. The first-order valence-corrected chi connectivity index (χ1v) is 4.60. The highest BCUT2D eigenvalue weighted by Gasteiger charge is 2.09. The van der Waals surface area contributed by atoms with Crippen molar-refractivity contribution < 1.29 is 4.39 Å². The minimum atomic E-state index is -0.367. The Balaban J connectivity index is 2.64. The number of rotatable bonds is 1. The van der Waals surface area contributed by atoms with E-state index in [1.54, 1.807) is 18.2 Å². The molecule has 2 rings (SSSR count). The molecule has 0 spiro atoms. The zero-order valence-corrected chi connectivity index (χ0v) is 8.37. The summed E-state index contributed by atoms with van der Waals surface area (Å²) in [6.45, 7) is 0. The molecule has 1 heterocycles. The summed E-state index contributed by atoms with van der Waals surface area (Å²) in [6.07, 6.45) is 0. The maximum atomic E-state index is 13.4. The lowest BCUT2D eigenvalue weighted by Gasteiger charge is -2.05. The highest BCUT2D eigenvalue weighted by molar-refractivity contribution is 6.29. The molecule has 0 fully saturated rings. The van der Waals surface area contributed by atoms with Gasteiger partial charge < -0.3 is 5.73 Å². The summed E-state index contributed by atoms with van der Waals surface area (Å²) in [5, 5.41) is 7.37. The summed E-state index contributed by atoms with van der Waals surface area (Å²) >= 11 is 5.67. The summed E-state index contributed by atoms with van der Waals surface area (Å²) in [4.78, 5) is 0. The van der Waals surface area contributed by atoms with Crippen LogP contribution in [0.1, 0.15) is 0 Å². The SMILES string of the molecule is Nc1nnc(Cl)cc1-c1ccccc1F. The van der Waals surface area contributed by atoms with E-state index in [1.807, 2.05) is 0 Å². The smallest absolute Gasteiger partial charge is 0.154 e. The van der Waals surface area contributed by atoms with Gasteiger partial charge in [-0.2, -0.15) is 0 Å². The van der Waals surface area contributed by atoms with Crippen molar-refractivity contribution in [3.63, 3.8) is 0 Å². The predicted octanol–water partition coefficient (Wildman–Crippen LogP) is 2.52. The number of nitrogens with zero attached hydrogens (tertiary/aromatic N) is 2. The minimum Gasteiger partial charge on any atom is -0.382 e. The quantitative estimate of drug-likeness (QED) is 0.808. The van der Waals surface area contributed by atoms with Crippen LogP contribution in [0.15, 0.2) is 30.3 Å². The fraction of sp³-hybridized carbons (Fsp3) is 0. The van der Waals surface area contributed by atoms with Gasteiger partial charge in [0.1, 0.15) is 5.82 Å². The Kier molecular flexibility index (Phi) is 2.51. The van der Waals surface area contributed by atoms with Gasteiger partial charge in [0.25, 0.3) is 0 Å². The van der Waals surface area contributed by atoms with Crippen LogP contribution in [0.5, 0.6) is 0 Å². The van der Waals surface area contributed by atoms with Crippen LogP contribution in [0.3, 0.4) is 0 Å². The topological polar surface area (TPSA) is 51.8 Å². The first-order valence-electron chi connectivity index (χ1n) is 4.22. The number of benzene rings is 1. The third-order valence-electron chi connectivity index (χ3n) is 1.96.